The Kier molecular flexibility index (Phi) is 3.87. The molecular formula is C10H9Br2ClN4. The van der Waals surface area contributed by atoms with Crippen molar-refractivity contribution in [2.24, 2.45) is 12.8 Å². The van der Waals surface area contributed by atoms with Crippen molar-refractivity contribution in [3.63, 3.8) is 0 Å². The fourth-order valence-electron chi connectivity index (χ4n) is 1.55. The number of nitrogens with zero attached hydrogens (tertiary/aromatic N) is 3. The third-order valence-corrected chi connectivity index (χ3v) is 3.72. The van der Waals surface area contributed by atoms with Crippen LogP contribution in [0, 0.1) is 0 Å². The van der Waals surface area contributed by atoms with E-state index in [0.717, 1.165) is 20.3 Å². The number of nitrogens with two attached hydrogens (primary N) is 1. The summed E-state index contributed by atoms with van der Waals surface area (Å²) in [5.74, 6) is 0. The van der Waals surface area contributed by atoms with Gasteiger partial charge in [-0.2, -0.15) is 5.10 Å². The van der Waals surface area contributed by atoms with Crippen LogP contribution < -0.4 is 5.73 Å². The van der Waals surface area contributed by atoms with Gasteiger partial charge in [0.15, 0.2) is 0 Å². The van der Waals surface area contributed by atoms with E-state index in [2.05, 4.69) is 41.9 Å². The predicted molar refractivity (Wildman–Crippen MR) is 73.9 cm³/mol. The van der Waals surface area contributed by atoms with Crippen molar-refractivity contribution in [3.05, 3.63) is 43.8 Å². The molecule has 7 heteroatoms. The minimum atomic E-state index is -0.419. The fraction of sp³-hybridized carbons (Fsp3) is 0.200. The van der Waals surface area contributed by atoms with Gasteiger partial charge < -0.3 is 5.73 Å². The van der Waals surface area contributed by atoms with Gasteiger partial charge in [-0.25, -0.2) is 0 Å². The van der Waals surface area contributed by atoms with Gasteiger partial charge in [-0.1, -0.05) is 11.6 Å². The summed E-state index contributed by atoms with van der Waals surface area (Å²) in [7, 11) is 1.80. The van der Waals surface area contributed by atoms with Crippen LogP contribution in [0.5, 0.6) is 0 Å². The number of aromatic nitrogens is 3. The Labute approximate surface area is 120 Å². The van der Waals surface area contributed by atoms with Crippen LogP contribution in [-0.2, 0) is 7.05 Å². The van der Waals surface area contributed by atoms with Gasteiger partial charge in [-0.05, 0) is 37.9 Å². The molecule has 0 radical (unpaired) electrons. The second kappa shape index (κ2) is 5.06. The van der Waals surface area contributed by atoms with Crippen LogP contribution in [-0.4, -0.2) is 14.8 Å². The fourth-order valence-corrected chi connectivity index (χ4v) is 3.07. The molecule has 0 aromatic carbocycles. The third kappa shape index (κ3) is 2.54. The summed E-state index contributed by atoms with van der Waals surface area (Å²) in [6.07, 6.45) is 3.27. The summed E-state index contributed by atoms with van der Waals surface area (Å²) in [5, 5.41) is 4.60. The molecule has 0 aliphatic rings. The molecule has 0 bridgehead atoms. The van der Waals surface area contributed by atoms with Gasteiger partial charge in [0, 0.05) is 22.2 Å². The van der Waals surface area contributed by atoms with Gasteiger partial charge in [0.25, 0.3) is 0 Å². The lowest BCUT2D eigenvalue weighted by atomic mass is 10.1. The van der Waals surface area contributed by atoms with E-state index in [0.29, 0.717) is 5.02 Å². The summed E-state index contributed by atoms with van der Waals surface area (Å²) in [4.78, 5) is 4.30. The van der Waals surface area contributed by atoms with E-state index < -0.39 is 6.04 Å². The van der Waals surface area contributed by atoms with E-state index in [1.807, 2.05) is 6.07 Å². The highest BCUT2D eigenvalue weighted by molar-refractivity contribution is 9.11. The summed E-state index contributed by atoms with van der Waals surface area (Å²) in [6, 6.07) is 1.48. The van der Waals surface area contributed by atoms with Crippen LogP contribution in [0.2, 0.25) is 5.02 Å². The smallest absolute Gasteiger partial charge is 0.0923 e. The van der Waals surface area contributed by atoms with E-state index >= 15 is 0 Å². The largest absolute Gasteiger partial charge is 0.318 e. The van der Waals surface area contributed by atoms with Crippen molar-refractivity contribution < 1.29 is 0 Å². The maximum absolute atomic E-state index is 6.16. The van der Waals surface area contributed by atoms with Crippen LogP contribution in [0.25, 0.3) is 0 Å². The van der Waals surface area contributed by atoms with Crippen LogP contribution in [0.3, 0.4) is 0 Å². The normalized spacial score (nSPS) is 12.8. The molecule has 17 heavy (non-hydrogen) atoms. The molecule has 0 spiro atoms. The first kappa shape index (κ1) is 13.0. The van der Waals surface area contributed by atoms with Gasteiger partial charge in [-0.15, -0.1) is 0 Å². The quantitative estimate of drug-likeness (QED) is 0.871. The molecule has 2 rings (SSSR count). The average molecular weight is 380 g/mol. The molecule has 0 fully saturated rings. The number of hydrogen-bond donors (Lipinski definition) is 1. The second-order valence-corrected chi connectivity index (χ2v) is 5.68. The number of aryl methyl sites for hydroxylation is 1. The van der Waals surface area contributed by atoms with E-state index in [4.69, 9.17) is 17.3 Å². The summed E-state index contributed by atoms with van der Waals surface area (Å²) in [6.45, 7) is 0. The number of hydrogen-bond acceptors (Lipinski definition) is 3. The SMILES string of the molecule is Cn1ncc(Cl)c1C(N)c1ncc(Br)cc1Br. The number of halogens is 3. The molecule has 2 aromatic rings. The van der Waals surface area contributed by atoms with Crippen molar-refractivity contribution in [2.75, 3.05) is 0 Å². The molecular weight excluding hydrogens is 371 g/mol. The van der Waals surface area contributed by atoms with Crippen LogP contribution in [0.4, 0.5) is 0 Å². The maximum Gasteiger partial charge on any atom is 0.0923 e. The number of rotatable bonds is 2. The molecule has 0 saturated heterocycles. The maximum atomic E-state index is 6.16. The van der Waals surface area contributed by atoms with E-state index in [1.54, 1.807) is 24.1 Å². The van der Waals surface area contributed by atoms with Crippen molar-refractivity contribution in [2.45, 2.75) is 6.04 Å². The molecule has 1 atom stereocenters. The lowest BCUT2D eigenvalue weighted by Gasteiger charge is -2.14. The van der Waals surface area contributed by atoms with Gasteiger partial charge in [0.2, 0.25) is 0 Å². The third-order valence-electron chi connectivity index (χ3n) is 2.36. The zero-order chi connectivity index (χ0) is 12.6. The van der Waals surface area contributed by atoms with Crippen molar-refractivity contribution >= 4 is 43.5 Å². The van der Waals surface area contributed by atoms with Gasteiger partial charge in [-0.3, -0.25) is 9.67 Å². The van der Waals surface area contributed by atoms with Crippen molar-refractivity contribution in [1.82, 2.24) is 14.8 Å². The topological polar surface area (TPSA) is 56.7 Å². The van der Waals surface area contributed by atoms with Crippen molar-refractivity contribution in [3.8, 4) is 0 Å². The molecule has 2 heterocycles. The van der Waals surface area contributed by atoms with Gasteiger partial charge >= 0.3 is 0 Å². The Balaban J connectivity index is 2.47. The zero-order valence-corrected chi connectivity index (χ0v) is 12.8. The highest BCUT2D eigenvalue weighted by Crippen LogP contribution is 2.30. The van der Waals surface area contributed by atoms with E-state index in [1.165, 1.54) is 0 Å². The predicted octanol–water partition coefficient (Wildman–Crippen LogP) is 3.04. The highest BCUT2D eigenvalue weighted by atomic mass is 79.9. The van der Waals surface area contributed by atoms with Crippen LogP contribution >= 0.6 is 43.5 Å². The Hall–Kier alpha value is -0.430. The highest BCUT2D eigenvalue weighted by Gasteiger charge is 2.20. The Morgan fingerprint density at radius 2 is 2.12 bits per heavy atom. The lowest BCUT2D eigenvalue weighted by molar-refractivity contribution is 0.662. The molecule has 0 aliphatic carbocycles. The number of pyridine rings is 1. The molecule has 2 aromatic heterocycles. The molecule has 0 aliphatic heterocycles. The lowest BCUT2D eigenvalue weighted by Crippen LogP contribution is -2.18. The molecule has 1 unspecified atom stereocenters. The summed E-state index contributed by atoms with van der Waals surface area (Å²) >= 11 is 12.8. The second-order valence-electron chi connectivity index (χ2n) is 3.50. The van der Waals surface area contributed by atoms with E-state index in [-0.39, 0.29) is 0 Å². The first-order chi connectivity index (χ1) is 8.00. The molecule has 0 saturated carbocycles. The standard InChI is InChI=1S/C10H9Br2ClN4/c1-17-10(7(13)4-16-17)8(14)9-6(12)2-5(11)3-15-9/h2-4,8H,14H2,1H3. The zero-order valence-electron chi connectivity index (χ0n) is 8.86. The van der Waals surface area contributed by atoms with Gasteiger partial charge in [0.1, 0.15) is 0 Å². The minimum absolute atomic E-state index is 0.419. The summed E-state index contributed by atoms with van der Waals surface area (Å²) < 4.78 is 3.37. The Morgan fingerprint density at radius 1 is 1.41 bits per heavy atom. The summed E-state index contributed by atoms with van der Waals surface area (Å²) in [5.41, 5.74) is 7.62. The average Bonchev–Trinajstić information content (AvgIpc) is 2.58. The molecule has 2 N–H and O–H groups in total. The molecule has 4 nitrogen and oxygen atoms in total. The molecule has 0 amide bonds. The van der Waals surface area contributed by atoms with E-state index in [9.17, 15) is 0 Å². The van der Waals surface area contributed by atoms with Crippen LogP contribution in [0.1, 0.15) is 17.4 Å². The van der Waals surface area contributed by atoms with Gasteiger partial charge in [0.05, 0.1) is 28.6 Å². The molecule has 90 valence electrons. The van der Waals surface area contributed by atoms with Crippen LogP contribution in [0.15, 0.2) is 27.4 Å². The van der Waals surface area contributed by atoms with Crippen molar-refractivity contribution in [1.29, 1.82) is 0 Å². The monoisotopic (exact) mass is 378 g/mol. The Bertz CT molecular complexity index is 536. The first-order valence-corrected chi connectivity index (χ1v) is 6.71. The Morgan fingerprint density at radius 3 is 2.65 bits per heavy atom. The first-order valence-electron chi connectivity index (χ1n) is 4.74. The minimum Gasteiger partial charge on any atom is -0.318 e.